The van der Waals surface area contributed by atoms with E-state index >= 15 is 0 Å². The van der Waals surface area contributed by atoms with E-state index in [-0.39, 0.29) is 0 Å². The molecule has 0 saturated heterocycles. The number of aromatic nitrogens is 1. The van der Waals surface area contributed by atoms with Crippen LogP contribution in [0.4, 0.5) is 0 Å². The van der Waals surface area contributed by atoms with E-state index in [1.165, 1.54) is 5.56 Å². The Labute approximate surface area is 113 Å². The fourth-order valence-electron chi connectivity index (χ4n) is 1.79. The monoisotopic (exact) mass is 257 g/mol. The summed E-state index contributed by atoms with van der Waals surface area (Å²) in [5, 5.41) is 9.66. The summed E-state index contributed by atoms with van der Waals surface area (Å²) in [5.41, 5.74) is 1.96. The summed E-state index contributed by atoms with van der Waals surface area (Å²) in [6, 6.07) is 11.6. The zero-order valence-corrected chi connectivity index (χ0v) is 11.3. The zero-order chi connectivity index (χ0) is 13.7. The molecule has 2 rings (SSSR count). The third-order valence-corrected chi connectivity index (χ3v) is 3.05. The first-order valence-corrected chi connectivity index (χ1v) is 6.63. The van der Waals surface area contributed by atoms with Crippen LogP contribution in [0.3, 0.4) is 0 Å². The lowest BCUT2D eigenvalue weighted by Crippen LogP contribution is -1.98. The molecule has 0 radical (unpaired) electrons. The summed E-state index contributed by atoms with van der Waals surface area (Å²) in [4.78, 5) is 4.20. The maximum Gasteiger partial charge on any atom is 0.145 e. The Hall–Kier alpha value is -1.87. The van der Waals surface area contributed by atoms with Crippen molar-refractivity contribution in [3.8, 4) is 11.5 Å². The number of hydrogen-bond acceptors (Lipinski definition) is 3. The summed E-state index contributed by atoms with van der Waals surface area (Å²) in [6.07, 6.45) is 2.82. The average Bonchev–Trinajstić information content (AvgIpc) is 2.48. The topological polar surface area (TPSA) is 42.4 Å². The third kappa shape index (κ3) is 3.55. The normalized spacial score (nSPS) is 12.2. The number of hydrogen-bond donors (Lipinski definition) is 1. The smallest absolute Gasteiger partial charge is 0.145 e. The van der Waals surface area contributed by atoms with Gasteiger partial charge in [-0.05, 0) is 42.7 Å². The summed E-state index contributed by atoms with van der Waals surface area (Å²) in [6.45, 7) is 4.05. The Bertz CT molecular complexity index is 505. The molecule has 3 nitrogen and oxygen atoms in total. The molecule has 1 aromatic heterocycles. The SMILES string of the molecule is CCc1ccc(Oc2ccc(C(O)CC)nc2)cc1. The molecule has 100 valence electrons. The van der Waals surface area contributed by atoms with E-state index < -0.39 is 6.10 Å². The highest BCUT2D eigenvalue weighted by molar-refractivity contribution is 5.32. The first-order chi connectivity index (χ1) is 9.22. The van der Waals surface area contributed by atoms with E-state index in [0.29, 0.717) is 17.9 Å². The van der Waals surface area contributed by atoms with Crippen LogP contribution in [0.1, 0.15) is 37.6 Å². The Kier molecular flexibility index (Phi) is 4.53. The molecular formula is C16H19NO2. The van der Waals surface area contributed by atoms with Crippen LogP contribution < -0.4 is 4.74 Å². The van der Waals surface area contributed by atoms with Gasteiger partial charge in [0.15, 0.2) is 0 Å². The predicted octanol–water partition coefficient (Wildman–Crippen LogP) is 3.88. The lowest BCUT2D eigenvalue weighted by atomic mass is 10.2. The van der Waals surface area contributed by atoms with Crippen molar-refractivity contribution in [2.45, 2.75) is 32.8 Å². The fourth-order valence-corrected chi connectivity index (χ4v) is 1.79. The van der Waals surface area contributed by atoms with E-state index in [9.17, 15) is 5.11 Å². The minimum Gasteiger partial charge on any atom is -0.456 e. The largest absolute Gasteiger partial charge is 0.456 e. The standard InChI is InChI=1S/C16H19NO2/c1-3-12-5-7-13(8-6-12)19-14-9-10-15(17-11-14)16(18)4-2/h5-11,16,18H,3-4H2,1-2H3. The van der Waals surface area contributed by atoms with Gasteiger partial charge in [-0.25, -0.2) is 0 Å². The predicted molar refractivity (Wildman–Crippen MR) is 75.4 cm³/mol. The van der Waals surface area contributed by atoms with Crippen molar-refractivity contribution < 1.29 is 9.84 Å². The van der Waals surface area contributed by atoms with Crippen LogP contribution in [0.15, 0.2) is 42.6 Å². The second-order valence-corrected chi connectivity index (χ2v) is 4.44. The number of ether oxygens (including phenoxy) is 1. The van der Waals surface area contributed by atoms with Crippen LogP contribution in [0.5, 0.6) is 11.5 Å². The van der Waals surface area contributed by atoms with Gasteiger partial charge in [0, 0.05) is 0 Å². The van der Waals surface area contributed by atoms with Gasteiger partial charge < -0.3 is 9.84 Å². The molecule has 1 aromatic carbocycles. The van der Waals surface area contributed by atoms with Gasteiger partial charge in [-0.3, -0.25) is 4.98 Å². The third-order valence-electron chi connectivity index (χ3n) is 3.05. The lowest BCUT2D eigenvalue weighted by Gasteiger charge is -2.09. The highest BCUT2D eigenvalue weighted by atomic mass is 16.5. The molecular weight excluding hydrogens is 238 g/mol. The summed E-state index contributed by atoms with van der Waals surface area (Å²) >= 11 is 0. The average molecular weight is 257 g/mol. The molecule has 0 fully saturated rings. The number of aliphatic hydroxyl groups is 1. The number of nitrogens with zero attached hydrogens (tertiary/aromatic N) is 1. The van der Waals surface area contributed by atoms with Gasteiger partial charge in [-0.15, -0.1) is 0 Å². The molecule has 0 aliphatic rings. The van der Waals surface area contributed by atoms with Crippen LogP contribution in [-0.2, 0) is 6.42 Å². The molecule has 3 heteroatoms. The molecule has 0 spiro atoms. The first kappa shape index (κ1) is 13.6. The maximum atomic E-state index is 9.66. The molecule has 0 saturated carbocycles. The van der Waals surface area contributed by atoms with Gasteiger partial charge in [0.1, 0.15) is 11.5 Å². The second-order valence-electron chi connectivity index (χ2n) is 4.44. The molecule has 1 N–H and O–H groups in total. The molecule has 19 heavy (non-hydrogen) atoms. The van der Waals surface area contributed by atoms with Crippen molar-refractivity contribution in [1.29, 1.82) is 0 Å². The van der Waals surface area contributed by atoms with Gasteiger partial charge in [0.2, 0.25) is 0 Å². The molecule has 0 bridgehead atoms. The molecule has 2 aromatic rings. The minimum atomic E-state index is -0.502. The van der Waals surface area contributed by atoms with E-state index in [1.807, 2.05) is 25.1 Å². The summed E-state index contributed by atoms with van der Waals surface area (Å²) in [7, 11) is 0. The van der Waals surface area contributed by atoms with Crippen LogP contribution in [0.25, 0.3) is 0 Å². The number of rotatable bonds is 5. The van der Waals surface area contributed by atoms with E-state index in [1.54, 1.807) is 12.3 Å². The minimum absolute atomic E-state index is 0.502. The van der Waals surface area contributed by atoms with Crippen LogP contribution in [0, 0.1) is 0 Å². The molecule has 1 heterocycles. The number of pyridine rings is 1. The Morgan fingerprint density at radius 1 is 1.05 bits per heavy atom. The Morgan fingerprint density at radius 3 is 2.26 bits per heavy atom. The van der Waals surface area contributed by atoms with Crippen molar-refractivity contribution in [2.75, 3.05) is 0 Å². The van der Waals surface area contributed by atoms with Crippen molar-refractivity contribution in [1.82, 2.24) is 4.98 Å². The summed E-state index contributed by atoms with van der Waals surface area (Å²) < 4.78 is 5.70. The second kappa shape index (κ2) is 6.34. The van der Waals surface area contributed by atoms with Crippen LogP contribution in [-0.4, -0.2) is 10.1 Å². The number of aryl methyl sites for hydroxylation is 1. The van der Waals surface area contributed by atoms with Crippen molar-refractivity contribution in [2.24, 2.45) is 0 Å². The lowest BCUT2D eigenvalue weighted by molar-refractivity contribution is 0.169. The maximum absolute atomic E-state index is 9.66. The van der Waals surface area contributed by atoms with E-state index in [2.05, 4.69) is 24.0 Å². The Balaban J connectivity index is 2.06. The molecule has 0 amide bonds. The van der Waals surface area contributed by atoms with E-state index in [0.717, 1.165) is 12.2 Å². The quantitative estimate of drug-likeness (QED) is 0.883. The first-order valence-electron chi connectivity index (χ1n) is 6.63. The van der Waals surface area contributed by atoms with E-state index in [4.69, 9.17) is 4.74 Å². The van der Waals surface area contributed by atoms with Gasteiger partial charge in [-0.2, -0.15) is 0 Å². The van der Waals surface area contributed by atoms with Gasteiger partial charge >= 0.3 is 0 Å². The van der Waals surface area contributed by atoms with Crippen LogP contribution in [0.2, 0.25) is 0 Å². The molecule has 0 aliphatic carbocycles. The zero-order valence-electron chi connectivity index (χ0n) is 11.3. The molecule has 0 aliphatic heterocycles. The van der Waals surface area contributed by atoms with Gasteiger partial charge in [0.05, 0.1) is 18.0 Å². The highest BCUT2D eigenvalue weighted by Crippen LogP contribution is 2.23. The highest BCUT2D eigenvalue weighted by Gasteiger charge is 2.06. The fraction of sp³-hybridized carbons (Fsp3) is 0.312. The van der Waals surface area contributed by atoms with Crippen molar-refractivity contribution in [3.05, 3.63) is 53.9 Å². The van der Waals surface area contributed by atoms with Gasteiger partial charge in [0.25, 0.3) is 0 Å². The van der Waals surface area contributed by atoms with Crippen molar-refractivity contribution >= 4 is 0 Å². The molecule has 1 atom stereocenters. The summed E-state index contributed by atoms with van der Waals surface area (Å²) in [5.74, 6) is 1.47. The Morgan fingerprint density at radius 2 is 1.74 bits per heavy atom. The number of aliphatic hydroxyl groups excluding tert-OH is 1. The molecule has 1 unspecified atom stereocenters. The van der Waals surface area contributed by atoms with Crippen LogP contribution >= 0.6 is 0 Å². The van der Waals surface area contributed by atoms with Gasteiger partial charge in [-0.1, -0.05) is 26.0 Å². The van der Waals surface area contributed by atoms with Crippen molar-refractivity contribution in [3.63, 3.8) is 0 Å². The number of benzene rings is 1.